The van der Waals surface area contributed by atoms with Gasteiger partial charge in [-0.25, -0.2) is 9.37 Å². The first-order valence-corrected chi connectivity index (χ1v) is 12.7. The van der Waals surface area contributed by atoms with Crippen molar-refractivity contribution in [2.45, 2.75) is 6.42 Å². The lowest BCUT2D eigenvalue weighted by atomic mass is 10.1. The van der Waals surface area contributed by atoms with E-state index in [2.05, 4.69) is 4.98 Å². The van der Waals surface area contributed by atoms with E-state index >= 15 is 0 Å². The van der Waals surface area contributed by atoms with Gasteiger partial charge in [0.2, 0.25) is 0 Å². The van der Waals surface area contributed by atoms with Crippen LogP contribution in [0.3, 0.4) is 0 Å². The Hall–Kier alpha value is -4.21. The summed E-state index contributed by atoms with van der Waals surface area (Å²) in [5.41, 5.74) is 2.68. The zero-order valence-corrected chi connectivity index (χ0v) is 21.6. The highest BCUT2D eigenvalue weighted by Gasteiger charge is 2.15. The fraction of sp³-hybridized carbons (Fsp3) is 0.107. The molecule has 38 heavy (non-hydrogen) atoms. The first-order valence-electron chi connectivity index (χ1n) is 11.5. The lowest BCUT2D eigenvalue weighted by Gasteiger charge is -2.17. The molecule has 1 amide bonds. The van der Waals surface area contributed by atoms with E-state index in [9.17, 15) is 24.2 Å². The van der Waals surface area contributed by atoms with Crippen molar-refractivity contribution in [3.8, 4) is 22.8 Å². The zero-order valence-electron chi connectivity index (χ0n) is 20.1. The Labute approximate surface area is 225 Å². The van der Waals surface area contributed by atoms with Crippen LogP contribution in [0.2, 0.25) is 5.02 Å². The summed E-state index contributed by atoms with van der Waals surface area (Å²) in [5, 5.41) is 19.4. The Morgan fingerprint density at radius 3 is 2.68 bits per heavy atom. The molecule has 0 saturated heterocycles. The number of carbonyl (C=O) groups is 1. The van der Waals surface area contributed by atoms with Crippen LogP contribution >= 0.6 is 22.9 Å². The van der Waals surface area contributed by atoms with Crippen molar-refractivity contribution in [1.29, 1.82) is 0 Å². The number of fused-ring (bicyclic) bond motifs is 1. The van der Waals surface area contributed by atoms with Crippen LogP contribution in [-0.2, 0) is 6.42 Å². The Kier molecular flexibility index (Phi) is 6.88. The molecular formula is C28H21ClFN3O4S. The molecule has 192 valence electrons. The lowest BCUT2D eigenvalue weighted by Crippen LogP contribution is -2.28. The summed E-state index contributed by atoms with van der Waals surface area (Å²) in [7, 11) is 1.70. The lowest BCUT2D eigenvalue weighted by molar-refractivity contribution is 0.0796. The smallest absolute Gasteiger partial charge is 0.274 e. The molecule has 0 bridgehead atoms. The molecule has 10 heteroatoms. The Morgan fingerprint density at radius 1 is 1.16 bits per heavy atom. The minimum absolute atomic E-state index is 0.0265. The minimum Gasteiger partial charge on any atom is -0.504 e. The second-order valence-corrected chi connectivity index (χ2v) is 10.2. The number of aromatic hydroxyl groups is 2. The molecule has 5 aromatic rings. The predicted octanol–water partition coefficient (Wildman–Crippen LogP) is 4.49. The summed E-state index contributed by atoms with van der Waals surface area (Å²) < 4.78 is 15.2. The summed E-state index contributed by atoms with van der Waals surface area (Å²) in [6.45, 7) is 0.426. The van der Waals surface area contributed by atoms with Gasteiger partial charge in [-0.15, -0.1) is 0 Å². The first kappa shape index (κ1) is 25.4. The molecule has 0 fully saturated rings. The Balaban J connectivity index is 1.37. The molecule has 0 atom stereocenters. The van der Waals surface area contributed by atoms with Crippen LogP contribution in [0.1, 0.15) is 21.5 Å². The molecule has 0 radical (unpaired) electrons. The second kappa shape index (κ2) is 10.3. The molecular weight excluding hydrogens is 529 g/mol. The molecule has 3 aromatic carbocycles. The Bertz CT molecular complexity index is 1780. The molecule has 0 aliphatic heterocycles. The number of nitrogens with zero attached hydrogens (tertiary/aromatic N) is 3. The van der Waals surface area contributed by atoms with Crippen LogP contribution in [0.15, 0.2) is 71.7 Å². The zero-order chi connectivity index (χ0) is 27.0. The maximum atomic E-state index is 13.4. The van der Waals surface area contributed by atoms with Gasteiger partial charge < -0.3 is 15.1 Å². The second-order valence-electron chi connectivity index (χ2n) is 8.75. The minimum atomic E-state index is -0.421. The number of carbonyl (C=O) groups excluding carboxylic acids is 1. The number of aromatic nitrogens is 2. The highest BCUT2D eigenvalue weighted by atomic mass is 35.5. The molecule has 0 unspecified atom stereocenters. The third-order valence-corrected chi connectivity index (χ3v) is 7.32. The number of likely N-dealkylation sites (N-methyl/N-ethyl adjacent to an activating group) is 1. The van der Waals surface area contributed by atoms with Gasteiger partial charge in [0.25, 0.3) is 11.5 Å². The standard InChI is InChI=1S/C28H21ClFN3O4S/c1-32(9-8-16-4-2-7-20(30)10-16)26(36)19-6-3-5-18(14-19)22-15-33-27(37)24(38-28(33)31-22)13-17-11-21(29)25(35)23(34)12-17/h2-7,10-15,34-35H,8-9H2,1H3/b24-13-. The average Bonchev–Trinajstić information content (AvgIpc) is 3.44. The summed E-state index contributed by atoms with van der Waals surface area (Å²) in [5.74, 6) is -1.29. The van der Waals surface area contributed by atoms with E-state index in [0.29, 0.717) is 44.8 Å². The van der Waals surface area contributed by atoms with Gasteiger partial charge in [0.1, 0.15) is 5.82 Å². The van der Waals surface area contributed by atoms with Crippen LogP contribution in [0, 0.1) is 5.82 Å². The molecule has 5 rings (SSSR count). The number of thiazole rings is 1. The largest absolute Gasteiger partial charge is 0.504 e. The molecule has 2 N–H and O–H groups in total. The van der Waals surface area contributed by atoms with Crippen molar-refractivity contribution in [3.63, 3.8) is 0 Å². The van der Waals surface area contributed by atoms with Crippen molar-refractivity contribution in [3.05, 3.63) is 109 Å². The third kappa shape index (κ3) is 5.11. The van der Waals surface area contributed by atoms with Gasteiger partial charge in [0.05, 0.1) is 15.2 Å². The van der Waals surface area contributed by atoms with Gasteiger partial charge in [0, 0.05) is 30.9 Å². The third-order valence-electron chi connectivity index (χ3n) is 6.04. The molecule has 0 aliphatic carbocycles. The van der Waals surface area contributed by atoms with Gasteiger partial charge in [-0.1, -0.05) is 47.2 Å². The first-order chi connectivity index (χ1) is 18.2. The van der Waals surface area contributed by atoms with Crippen molar-refractivity contribution in [1.82, 2.24) is 14.3 Å². The highest BCUT2D eigenvalue weighted by Crippen LogP contribution is 2.34. The fourth-order valence-electron chi connectivity index (χ4n) is 4.03. The average molecular weight is 550 g/mol. The molecule has 2 aromatic heterocycles. The van der Waals surface area contributed by atoms with Gasteiger partial charge in [-0.2, -0.15) is 0 Å². The predicted molar refractivity (Wildman–Crippen MR) is 145 cm³/mol. The maximum Gasteiger partial charge on any atom is 0.274 e. The number of phenols is 2. The summed E-state index contributed by atoms with van der Waals surface area (Å²) >= 11 is 7.08. The van der Waals surface area contributed by atoms with Crippen LogP contribution in [0.25, 0.3) is 22.3 Å². The van der Waals surface area contributed by atoms with Gasteiger partial charge >= 0.3 is 0 Å². The van der Waals surface area contributed by atoms with E-state index in [-0.39, 0.29) is 28.1 Å². The van der Waals surface area contributed by atoms with E-state index in [0.717, 1.165) is 5.56 Å². The van der Waals surface area contributed by atoms with Crippen LogP contribution in [-0.4, -0.2) is 44.0 Å². The van der Waals surface area contributed by atoms with Crippen molar-refractivity contribution < 1.29 is 19.4 Å². The van der Waals surface area contributed by atoms with E-state index in [1.807, 2.05) is 12.1 Å². The number of benzene rings is 3. The normalized spacial score (nSPS) is 11.8. The summed E-state index contributed by atoms with van der Waals surface area (Å²) in [6.07, 6.45) is 3.70. The molecule has 7 nitrogen and oxygen atoms in total. The maximum absolute atomic E-state index is 13.4. The van der Waals surface area contributed by atoms with Crippen LogP contribution in [0.5, 0.6) is 11.5 Å². The number of rotatable bonds is 6. The van der Waals surface area contributed by atoms with Gasteiger partial charge in [0.15, 0.2) is 16.5 Å². The number of imidazole rings is 1. The van der Waals surface area contributed by atoms with Crippen molar-refractivity contribution in [2.75, 3.05) is 13.6 Å². The topological polar surface area (TPSA) is 95.1 Å². The molecule has 0 spiro atoms. The molecule has 0 aliphatic rings. The number of halogens is 2. The van der Waals surface area contributed by atoms with Crippen LogP contribution < -0.4 is 10.1 Å². The number of hydrogen-bond acceptors (Lipinski definition) is 6. The van der Waals surface area contributed by atoms with Crippen molar-refractivity contribution >= 4 is 39.9 Å². The van der Waals surface area contributed by atoms with Crippen LogP contribution in [0.4, 0.5) is 4.39 Å². The molecule has 0 saturated carbocycles. The highest BCUT2D eigenvalue weighted by molar-refractivity contribution is 7.15. The number of hydrogen-bond donors (Lipinski definition) is 2. The van der Waals surface area contributed by atoms with E-state index in [4.69, 9.17) is 11.6 Å². The SMILES string of the molecule is CN(CCc1cccc(F)c1)C(=O)c1cccc(-c2cn3c(=O)/c(=C/c4cc(O)c(O)c(Cl)c4)sc3n2)c1. The number of phenolic OH excluding ortho intramolecular Hbond substituents is 2. The van der Waals surface area contributed by atoms with Gasteiger partial charge in [-0.3, -0.25) is 14.0 Å². The summed E-state index contributed by atoms with van der Waals surface area (Å²) in [4.78, 5) is 32.6. The quantitative estimate of drug-likeness (QED) is 0.304. The Morgan fingerprint density at radius 2 is 1.95 bits per heavy atom. The van der Waals surface area contributed by atoms with E-state index in [1.165, 1.54) is 40.0 Å². The van der Waals surface area contributed by atoms with E-state index in [1.54, 1.807) is 48.5 Å². The summed E-state index contributed by atoms with van der Waals surface area (Å²) in [6, 6.07) is 16.1. The van der Waals surface area contributed by atoms with Gasteiger partial charge in [-0.05, 0) is 60.0 Å². The fourth-order valence-corrected chi connectivity index (χ4v) is 5.21. The number of amides is 1. The van der Waals surface area contributed by atoms with Crippen molar-refractivity contribution in [2.24, 2.45) is 0 Å². The van der Waals surface area contributed by atoms with E-state index < -0.39 is 5.75 Å². The monoisotopic (exact) mass is 549 g/mol. The molecule has 2 heterocycles.